The van der Waals surface area contributed by atoms with Crippen molar-refractivity contribution in [3.8, 4) is 17.2 Å². The quantitative estimate of drug-likeness (QED) is 0.621. The van der Waals surface area contributed by atoms with Crippen molar-refractivity contribution < 1.29 is 23.5 Å². The van der Waals surface area contributed by atoms with Gasteiger partial charge >= 0.3 is 0 Å². The molecular weight excluding hydrogens is 416 g/mol. The van der Waals surface area contributed by atoms with Gasteiger partial charge in [-0.1, -0.05) is 30.7 Å². The van der Waals surface area contributed by atoms with Gasteiger partial charge in [0.25, 0.3) is 5.24 Å². The number of hydrogen-bond donors (Lipinski definition) is 1. The zero-order valence-corrected chi connectivity index (χ0v) is 18.7. The van der Waals surface area contributed by atoms with Gasteiger partial charge in [-0.2, -0.15) is 0 Å². The molecule has 1 aliphatic carbocycles. The number of imide groups is 1. The minimum atomic E-state index is -0.235. The van der Waals surface area contributed by atoms with Gasteiger partial charge in [-0.3, -0.25) is 14.9 Å². The molecule has 31 heavy (non-hydrogen) atoms. The maximum Gasteiger partial charge on any atom is 0.286 e. The van der Waals surface area contributed by atoms with Crippen molar-refractivity contribution in [2.45, 2.75) is 63.4 Å². The molecule has 2 heterocycles. The molecule has 1 saturated heterocycles. The van der Waals surface area contributed by atoms with E-state index in [2.05, 4.69) is 10.3 Å². The number of aryl methyl sites for hydroxylation is 1. The molecule has 7 nitrogen and oxygen atoms in total. The fraction of sp³-hybridized carbons (Fsp3) is 0.522. The van der Waals surface area contributed by atoms with Crippen LogP contribution in [0.5, 0.6) is 5.75 Å². The first-order valence-corrected chi connectivity index (χ1v) is 11.6. The molecular formula is C23H28N2O5S. The Kier molecular flexibility index (Phi) is 6.97. The summed E-state index contributed by atoms with van der Waals surface area (Å²) in [6.45, 7) is 2.33. The molecule has 3 atom stereocenters. The van der Waals surface area contributed by atoms with Gasteiger partial charge in [0.05, 0.1) is 25.1 Å². The van der Waals surface area contributed by atoms with Gasteiger partial charge in [0.2, 0.25) is 11.8 Å². The lowest BCUT2D eigenvalue weighted by Gasteiger charge is -2.29. The van der Waals surface area contributed by atoms with Crippen LogP contribution in [0.1, 0.15) is 50.0 Å². The number of benzene rings is 1. The highest BCUT2D eigenvalue weighted by Gasteiger charge is 2.32. The lowest BCUT2D eigenvalue weighted by molar-refractivity contribution is -0.119. The van der Waals surface area contributed by atoms with Crippen LogP contribution < -0.4 is 10.1 Å². The monoisotopic (exact) mass is 444 g/mol. The predicted molar refractivity (Wildman–Crippen MR) is 118 cm³/mol. The number of amides is 2. The summed E-state index contributed by atoms with van der Waals surface area (Å²) in [4.78, 5) is 27.7. The van der Waals surface area contributed by atoms with Crippen LogP contribution in [0.25, 0.3) is 11.5 Å². The first-order valence-electron chi connectivity index (χ1n) is 10.8. The molecule has 1 unspecified atom stereocenters. The van der Waals surface area contributed by atoms with E-state index in [1.54, 1.807) is 7.11 Å². The van der Waals surface area contributed by atoms with E-state index in [4.69, 9.17) is 13.9 Å². The second kappa shape index (κ2) is 9.87. The molecule has 1 aromatic carbocycles. The topological polar surface area (TPSA) is 90.7 Å². The van der Waals surface area contributed by atoms with Crippen LogP contribution >= 0.6 is 11.8 Å². The van der Waals surface area contributed by atoms with E-state index in [9.17, 15) is 9.59 Å². The molecule has 2 fully saturated rings. The number of aromatic nitrogens is 1. The van der Waals surface area contributed by atoms with Crippen LogP contribution in [0, 0.1) is 12.8 Å². The molecule has 1 aromatic heterocycles. The highest BCUT2D eigenvalue weighted by molar-refractivity contribution is 8.15. The SMILES string of the molecule is COc1cccc(-c2nc(CO[C@@H]3CCC[C@H](CCC4SC(=O)NC4=O)C3)c(C)o2)c1. The summed E-state index contributed by atoms with van der Waals surface area (Å²) in [6, 6.07) is 7.65. The van der Waals surface area contributed by atoms with Crippen LogP contribution in [-0.4, -0.2) is 34.6 Å². The average Bonchev–Trinajstić information content (AvgIpc) is 3.31. The number of carbonyl (C=O) groups excluding carboxylic acids is 2. The Bertz CT molecular complexity index is 944. The van der Waals surface area contributed by atoms with Crippen molar-refractivity contribution in [2.24, 2.45) is 5.92 Å². The van der Waals surface area contributed by atoms with E-state index in [1.165, 1.54) is 0 Å². The standard InChI is InChI=1S/C23H28N2O5S/c1-14-19(24-22(30-14)16-6-4-7-17(12-16)28-2)13-29-18-8-3-5-15(11-18)9-10-20-21(26)25-23(27)31-20/h4,6-7,12,15,18,20H,3,5,8-11,13H2,1-2H3,(H,25,26,27)/t15-,18-,20?/m1/s1. The van der Waals surface area contributed by atoms with Gasteiger partial charge in [-0.25, -0.2) is 4.98 Å². The molecule has 1 N–H and O–H groups in total. The summed E-state index contributed by atoms with van der Waals surface area (Å²) >= 11 is 1.12. The van der Waals surface area contributed by atoms with Crippen LogP contribution in [0.4, 0.5) is 4.79 Å². The number of rotatable bonds is 8. The van der Waals surface area contributed by atoms with Crippen molar-refractivity contribution >= 4 is 22.9 Å². The third-order valence-corrected chi connectivity index (χ3v) is 7.05. The van der Waals surface area contributed by atoms with E-state index >= 15 is 0 Å². The first kappa shape index (κ1) is 21.9. The fourth-order valence-electron chi connectivity index (χ4n) is 4.26. The Morgan fingerprint density at radius 1 is 1.26 bits per heavy atom. The van der Waals surface area contributed by atoms with Crippen molar-refractivity contribution in [2.75, 3.05) is 7.11 Å². The summed E-state index contributed by atoms with van der Waals surface area (Å²) in [5, 5.41) is 1.90. The summed E-state index contributed by atoms with van der Waals surface area (Å²) < 4.78 is 17.3. The largest absolute Gasteiger partial charge is 0.497 e. The Morgan fingerprint density at radius 2 is 2.13 bits per heavy atom. The molecule has 0 radical (unpaired) electrons. The maximum absolute atomic E-state index is 11.8. The average molecular weight is 445 g/mol. The Labute approximate surface area is 186 Å². The first-order chi connectivity index (χ1) is 15.0. The number of methoxy groups -OCH3 is 1. The van der Waals surface area contributed by atoms with E-state index in [0.29, 0.717) is 18.4 Å². The predicted octanol–water partition coefficient (Wildman–Crippen LogP) is 4.87. The molecule has 2 aliphatic rings. The number of oxazole rings is 1. The Morgan fingerprint density at radius 3 is 2.90 bits per heavy atom. The molecule has 1 aliphatic heterocycles. The molecule has 2 amide bonds. The molecule has 2 aromatic rings. The van der Waals surface area contributed by atoms with E-state index in [-0.39, 0.29) is 22.5 Å². The van der Waals surface area contributed by atoms with Crippen molar-refractivity contribution in [1.82, 2.24) is 10.3 Å². The van der Waals surface area contributed by atoms with E-state index in [0.717, 1.165) is 73.1 Å². The van der Waals surface area contributed by atoms with Crippen molar-refractivity contribution in [3.05, 3.63) is 35.7 Å². The molecule has 0 bridgehead atoms. The lowest BCUT2D eigenvalue weighted by atomic mass is 9.84. The number of carbonyl (C=O) groups is 2. The smallest absolute Gasteiger partial charge is 0.286 e. The third-order valence-electron chi connectivity index (χ3n) is 6.00. The second-order valence-corrected chi connectivity index (χ2v) is 9.36. The summed E-state index contributed by atoms with van der Waals surface area (Å²) in [5.41, 5.74) is 1.69. The van der Waals surface area contributed by atoms with Gasteiger partial charge in [0, 0.05) is 5.56 Å². The minimum absolute atomic E-state index is 0.146. The lowest BCUT2D eigenvalue weighted by Crippen LogP contribution is -2.26. The van der Waals surface area contributed by atoms with Crippen LogP contribution in [0.15, 0.2) is 28.7 Å². The normalized spacial score (nSPS) is 23.7. The van der Waals surface area contributed by atoms with Crippen LogP contribution in [-0.2, 0) is 16.1 Å². The van der Waals surface area contributed by atoms with Crippen molar-refractivity contribution in [3.63, 3.8) is 0 Å². The van der Waals surface area contributed by atoms with Gasteiger partial charge in [0.1, 0.15) is 17.2 Å². The molecule has 166 valence electrons. The minimum Gasteiger partial charge on any atom is -0.497 e. The number of ether oxygens (including phenoxy) is 2. The van der Waals surface area contributed by atoms with E-state index < -0.39 is 0 Å². The second-order valence-electron chi connectivity index (χ2n) is 8.18. The molecule has 0 spiro atoms. The summed E-state index contributed by atoms with van der Waals surface area (Å²) in [6.07, 6.45) is 6.15. The van der Waals surface area contributed by atoms with Crippen molar-refractivity contribution in [1.29, 1.82) is 0 Å². The third kappa shape index (κ3) is 5.49. The summed E-state index contributed by atoms with van der Waals surface area (Å²) in [7, 11) is 1.64. The highest BCUT2D eigenvalue weighted by atomic mass is 32.2. The fourth-order valence-corrected chi connectivity index (χ4v) is 5.10. The number of hydrogen-bond acceptors (Lipinski definition) is 7. The summed E-state index contributed by atoms with van der Waals surface area (Å²) in [5.74, 6) is 2.47. The highest BCUT2D eigenvalue weighted by Crippen LogP contribution is 2.33. The van der Waals surface area contributed by atoms with Gasteiger partial charge in [-0.15, -0.1) is 0 Å². The van der Waals surface area contributed by atoms with Crippen LogP contribution in [0.2, 0.25) is 0 Å². The Balaban J connectivity index is 1.29. The molecule has 4 rings (SSSR count). The van der Waals surface area contributed by atoms with Gasteiger partial charge in [0.15, 0.2) is 0 Å². The van der Waals surface area contributed by atoms with Gasteiger partial charge in [-0.05, 0) is 56.7 Å². The number of thioether (sulfide) groups is 1. The Hall–Kier alpha value is -2.32. The van der Waals surface area contributed by atoms with Gasteiger partial charge < -0.3 is 13.9 Å². The molecule has 1 saturated carbocycles. The number of nitrogens with one attached hydrogen (secondary N) is 1. The van der Waals surface area contributed by atoms with Crippen LogP contribution in [0.3, 0.4) is 0 Å². The number of nitrogens with zero attached hydrogens (tertiary/aromatic N) is 1. The maximum atomic E-state index is 11.8. The van der Waals surface area contributed by atoms with E-state index in [1.807, 2.05) is 31.2 Å². The molecule has 8 heteroatoms. The zero-order chi connectivity index (χ0) is 21.8. The zero-order valence-electron chi connectivity index (χ0n) is 17.9.